The highest BCUT2D eigenvalue weighted by atomic mass is 35.5. The van der Waals surface area contributed by atoms with Gasteiger partial charge in [0, 0.05) is 36.1 Å². The molecule has 0 unspecified atom stereocenters. The van der Waals surface area contributed by atoms with Gasteiger partial charge in [-0.3, -0.25) is 14.5 Å². The second-order valence-corrected chi connectivity index (χ2v) is 6.28. The van der Waals surface area contributed by atoms with Gasteiger partial charge in [0.15, 0.2) is 0 Å². The Balaban J connectivity index is 1.74. The average molecular weight is 329 g/mol. The van der Waals surface area contributed by atoms with E-state index in [0.717, 1.165) is 4.90 Å². The number of carboxylic acid groups (broad SMARTS) is 1. The molecule has 1 aliphatic heterocycles. The van der Waals surface area contributed by atoms with E-state index in [9.17, 15) is 9.59 Å². The lowest BCUT2D eigenvalue weighted by Gasteiger charge is -2.33. The second kappa shape index (κ2) is 7.68. The zero-order valence-corrected chi connectivity index (χ0v) is 13.1. The molecule has 0 bridgehead atoms. The highest BCUT2D eigenvalue weighted by Crippen LogP contribution is 2.20. The van der Waals surface area contributed by atoms with Gasteiger partial charge < -0.3 is 10.0 Å². The van der Waals surface area contributed by atoms with Gasteiger partial charge in [-0.2, -0.15) is 0 Å². The third-order valence-corrected chi connectivity index (χ3v) is 4.51. The summed E-state index contributed by atoms with van der Waals surface area (Å²) in [5.41, 5.74) is 0. The third-order valence-electron chi connectivity index (χ3n) is 3.26. The molecule has 1 aromatic carbocycles. The second-order valence-electron chi connectivity index (χ2n) is 4.79. The average Bonchev–Trinajstić information content (AvgIpc) is 2.46. The molecule has 2 rings (SSSR count). The molecular weight excluding hydrogens is 312 g/mol. The predicted molar refractivity (Wildman–Crippen MR) is 82.8 cm³/mol. The summed E-state index contributed by atoms with van der Waals surface area (Å²) in [5.74, 6) is -0.349. The maximum atomic E-state index is 12.1. The molecule has 0 spiro atoms. The van der Waals surface area contributed by atoms with E-state index in [2.05, 4.69) is 0 Å². The molecule has 1 heterocycles. The van der Waals surface area contributed by atoms with Gasteiger partial charge in [0.05, 0.1) is 12.3 Å². The molecular formula is C14H17ClN2O3S. The van der Waals surface area contributed by atoms with Gasteiger partial charge in [-0.15, -0.1) is 11.8 Å². The van der Waals surface area contributed by atoms with Crippen molar-refractivity contribution in [1.29, 1.82) is 0 Å². The quantitative estimate of drug-likeness (QED) is 0.833. The summed E-state index contributed by atoms with van der Waals surface area (Å²) in [7, 11) is 0. The van der Waals surface area contributed by atoms with Crippen LogP contribution in [-0.4, -0.2) is 65.3 Å². The number of hydrogen-bond donors (Lipinski definition) is 1. The van der Waals surface area contributed by atoms with Crippen LogP contribution in [0.2, 0.25) is 5.02 Å². The maximum absolute atomic E-state index is 12.1. The Morgan fingerprint density at radius 1 is 1.14 bits per heavy atom. The number of halogens is 1. The molecule has 1 amide bonds. The number of benzene rings is 1. The standard InChI is InChI=1S/C14H17ClN2O3S/c15-11-1-3-12(4-2-11)21-10-13(18)17-7-5-16(6-8-17)9-14(19)20/h1-4H,5-10H2,(H,19,20). The van der Waals surface area contributed by atoms with E-state index in [4.69, 9.17) is 16.7 Å². The number of hydrogen-bond acceptors (Lipinski definition) is 4. The number of rotatable bonds is 5. The molecule has 114 valence electrons. The van der Waals surface area contributed by atoms with Crippen molar-refractivity contribution in [3.63, 3.8) is 0 Å². The van der Waals surface area contributed by atoms with Gasteiger partial charge >= 0.3 is 5.97 Å². The van der Waals surface area contributed by atoms with Crippen molar-refractivity contribution in [3.8, 4) is 0 Å². The summed E-state index contributed by atoms with van der Waals surface area (Å²) in [6, 6.07) is 7.40. The zero-order valence-electron chi connectivity index (χ0n) is 11.5. The topological polar surface area (TPSA) is 60.9 Å². The van der Waals surface area contributed by atoms with E-state index >= 15 is 0 Å². The van der Waals surface area contributed by atoms with E-state index in [-0.39, 0.29) is 12.5 Å². The fourth-order valence-electron chi connectivity index (χ4n) is 2.11. The summed E-state index contributed by atoms with van der Waals surface area (Å²) < 4.78 is 0. The van der Waals surface area contributed by atoms with Crippen molar-refractivity contribution in [3.05, 3.63) is 29.3 Å². The van der Waals surface area contributed by atoms with Crippen LogP contribution in [0.1, 0.15) is 0 Å². The monoisotopic (exact) mass is 328 g/mol. The first-order valence-corrected chi connectivity index (χ1v) is 8.01. The lowest BCUT2D eigenvalue weighted by atomic mass is 10.3. The van der Waals surface area contributed by atoms with Crippen LogP contribution in [0.25, 0.3) is 0 Å². The van der Waals surface area contributed by atoms with Gasteiger partial charge in [-0.1, -0.05) is 11.6 Å². The number of carbonyl (C=O) groups excluding carboxylic acids is 1. The van der Waals surface area contributed by atoms with E-state index in [1.54, 1.807) is 17.0 Å². The minimum Gasteiger partial charge on any atom is -0.480 e. The summed E-state index contributed by atoms with van der Waals surface area (Å²) in [5, 5.41) is 9.42. The number of aliphatic carboxylic acids is 1. The van der Waals surface area contributed by atoms with Gasteiger partial charge in [-0.25, -0.2) is 0 Å². The van der Waals surface area contributed by atoms with Crippen molar-refractivity contribution in [2.75, 3.05) is 38.5 Å². The van der Waals surface area contributed by atoms with Crippen molar-refractivity contribution in [2.24, 2.45) is 0 Å². The molecule has 0 radical (unpaired) electrons. The zero-order chi connectivity index (χ0) is 15.2. The largest absolute Gasteiger partial charge is 0.480 e. The number of carboxylic acids is 1. The molecule has 21 heavy (non-hydrogen) atoms. The summed E-state index contributed by atoms with van der Waals surface area (Å²) in [4.78, 5) is 27.4. The fraction of sp³-hybridized carbons (Fsp3) is 0.429. The molecule has 1 aliphatic rings. The Morgan fingerprint density at radius 2 is 1.76 bits per heavy atom. The minimum atomic E-state index is -0.826. The van der Waals surface area contributed by atoms with Crippen LogP contribution in [0.4, 0.5) is 0 Å². The molecule has 7 heteroatoms. The van der Waals surface area contributed by atoms with Crippen molar-refractivity contribution in [1.82, 2.24) is 9.80 Å². The summed E-state index contributed by atoms with van der Waals surface area (Å²) in [6.45, 7) is 2.45. The number of thioether (sulfide) groups is 1. The molecule has 1 saturated heterocycles. The molecule has 0 atom stereocenters. The highest BCUT2D eigenvalue weighted by molar-refractivity contribution is 8.00. The fourth-order valence-corrected chi connectivity index (χ4v) is 3.04. The van der Waals surface area contributed by atoms with Crippen LogP contribution < -0.4 is 0 Å². The third kappa shape index (κ3) is 5.22. The van der Waals surface area contributed by atoms with Gasteiger partial charge in [0.25, 0.3) is 0 Å². The SMILES string of the molecule is O=C(O)CN1CCN(C(=O)CSc2ccc(Cl)cc2)CC1. The van der Waals surface area contributed by atoms with E-state index < -0.39 is 5.97 Å². The Labute approximate surface area is 132 Å². The number of piperazine rings is 1. The van der Waals surface area contributed by atoms with Crippen molar-refractivity contribution in [2.45, 2.75) is 4.90 Å². The lowest BCUT2D eigenvalue weighted by molar-refractivity contribution is -0.139. The predicted octanol–water partition coefficient (Wildman–Crippen LogP) is 1.66. The van der Waals surface area contributed by atoms with Gasteiger partial charge in [-0.05, 0) is 24.3 Å². The smallest absolute Gasteiger partial charge is 0.317 e. The van der Waals surface area contributed by atoms with Gasteiger partial charge in [0.2, 0.25) is 5.91 Å². The van der Waals surface area contributed by atoms with E-state index in [0.29, 0.717) is 37.0 Å². The van der Waals surface area contributed by atoms with Crippen LogP contribution in [0.5, 0.6) is 0 Å². The maximum Gasteiger partial charge on any atom is 0.317 e. The van der Waals surface area contributed by atoms with Crippen LogP contribution in [0.3, 0.4) is 0 Å². The molecule has 0 saturated carbocycles. The van der Waals surface area contributed by atoms with E-state index in [1.165, 1.54) is 11.8 Å². The van der Waals surface area contributed by atoms with Crippen LogP contribution in [0.15, 0.2) is 29.2 Å². The van der Waals surface area contributed by atoms with Crippen LogP contribution >= 0.6 is 23.4 Å². The first kappa shape index (κ1) is 16.1. The molecule has 0 aromatic heterocycles. The minimum absolute atomic E-state index is 0.0432. The van der Waals surface area contributed by atoms with Crippen molar-refractivity contribution >= 4 is 35.2 Å². The molecule has 1 N–H and O–H groups in total. The summed E-state index contributed by atoms with van der Waals surface area (Å²) >= 11 is 7.30. The normalized spacial score (nSPS) is 16.0. The molecule has 0 aliphatic carbocycles. The summed E-state index contributed by atoms with van der Waals surface area (Å²) in [6.07, 6.45) is 0. The Bertz CT molecular complexity index is 501. The first-order chi connectivity index (χ1) is 10.0. The first-order valence-electron chi connectivity index (χ1n) is 6.65. The lowest BCUT2D eigenvalue weighted by Crippen LogP contribution is -2.50. The number of nitrogens with zero attached hydrogens (tertiary/aromatic N) is 2. The molecule has 5 nitrogen and oxygen atoms in total. The van der Waals surface area contributed by atoms with Gasteiger partial charge in [0.1, 0.15) is 0 Å². The Kier molecular flexibility index (Phi) is 5.90. The highest BCUT2D eigenvalue weighted by Gasteiger charge is 2.22. The van der Waals surface area contributed by atoms with Crippen LogP contribution in [0, 0.1) is 0 Å². The van der Waals surface area contributed by atoms with E-state index in [1.807, 2.05) is 17.0 Å². The Morgan fingerprint density at radius 3 is 2.33 bits per heavy atom. The van der Waals surface area contributed by atoms with Crippen LogP contribution in [-0.2, 0) is 9.59 Å². The van der Waals surface area contributed by atoms with Crippen molar-refractivity contribution < 1.29 is 14.7 Å². The number of carbonyl (C=O) groups is 2. The molecule has 1 fully saturated rings. The Hall–Kier alpha value is -1.24. The molecule has 1 aromatic rings. The number of amides is 1.